The average molecular weight is 299 g/mol. The molecule has 1 N–H and O–H groups in total. The van der Waals surface area contributed by atoms with E-state index >= 15 is 0 Å². The Morgan fingerprint density at radius 2 is 1.65 bits per heavy atom. The van der Waals surface area contributed by atoms with Gasteiger partial charge in [-0.1, -0.05) is 18.2 Å². The number of rotatable bonds is 4. The first-order valence-corrected chi connectivity index (χ1v) is 5.99. The van der Waals surface area contributed by atoms with Crippen molar-refractivity contribution in [2.24, 2.45) is 0 Å². The third-order valence-corrected chi connectivity index (χ3v) is 2.82. The first-order chi connectivity index (χ1) is 9.00. The number of hydrogen-bond donors (Lipinski definition) is 1. The second-order valence-corrected chi connectivity index (χ2v) is 4.73. The van der Waals surface area contributed by atoms with E-state index < -0.39 is 30.0 Å². The minimum absolute atomic E-state index is 0.0876. The molecular weight excluding hydrogens is 284 g/mol. The molecule has 0 amide bonds. The lowest BCUT2D eigenvalue weighted by Crippen LogP contribution is -2.45. The van der Waals surface area contributed by atoms with Gasteiger partial charge in [-0.25, -0.2) is 0 Å². The molecule has 0 bridgehead atoms. The molecule has 0 radical (unpaired) electrons. The van der Waals surface area contributed by atoms with E-state index in [2.05, 4.69) is 5.32 Å². The van der Waals surface area contributed by atoms with Gasteiger partial charge in [0.2, 0.25) is 0 Å². The molecule has 7 heteroatoms. The third-order valence-electron chi connectivity index (χ3n) is 2.82. The van der Waals surface area contributed by atoms with Crippen molar-refractivity contribution in [3.05, 3.63) is 35.4 Å². The summed E-state index contributed by atoms with van der Waals surface area (Å²) in [6.07, 6.45) is -8.74. The van der Waals surface area contributed by atoms with E-state index in [1.165, 1.54) is 19.1 Å². The molecule has 1 aromatic carbocycles. The molecule has 1 nitrogen and oxygen atoms in total. The fraction of sp³-hybridized carbons (Fsp3) is 0.538. The van der Waals surface area contributed by atoms with Gasteiger partial charge in [0.05, 0.1) is 5.56 Å². The Bertz CT molecular complexity index is 437. The minimum Gasteiger partial charge on any atom is -0.304 e. The molecule has 0 saturated heterocycles. The highest BCUT2D eigenvalue weighted by Gasteiger charge is 2.36. The molecule has 0 saturated carbocycles. The van der Waals surface area contributed by atoms with Crippen LogP contribution in [0.5, 0.6) is 0 Å². The van der Waals surface area contributed by atoms with Crippen LogP contribution in [0.15, 0.2) is 24.3 Å². The second kappa shape index (κ2) is 6.03. The lowest BCUT2D eigenvalue weighted by atomic mass is 10.0. The van der Waals surface area contributed by atoms with Gasteiger partial charge in [0.15, 0.2) is 0 Å². The summed E-state index contributed by atoms with van der Waals surface area (Å²) in [5.41, 5.74) is -0.458. The maximum atomic E-state index is 12.5. The van der Waals surface area contributed by atoms with E-state index in [0.29, 0.717) is 5.56 Å². The van der Waals surface area contributed by atoms with Crippen molar-refractivity contribution in [2.45, 2.75) is 44.7 Å². The van der Waals surface area contributed by atoms with Crippen LogP contribution < -0.4 is 5.32 Å². The van der Waals surface area contributed by atoms with Gasteiger partial charge in [0, 0.05) is 6.04 Å². The van der Waals surface area contributed by atoms with Crippen molar-refractivity contribution in [1.82, 2.24) is 5.32 Å². The Kier molecular flexibility index (Phi) is 5.07. The van der Waals surface area contributed by atoms with Crippen LogP contribution in [-0.2, 0) is 12.6 Å². The molecule has 0 fully saturated rings. The number of halogens is 6. The van der Waals surface area contributed by atoms with Crippen LogP contribution in [0.25, 0.3) is 0 Å². The fourth-order valence-electron chi connectivity index (χ4n) is 1.81. The van der Waals surface area contributed by atoms with Crippen molar-refractivity contribution >= 4 is 0 Å². The summed E-state index contributed by atoms with van der Waals surface area (Å²) < 4.78 is 74.6. The highest BCUT2D eigenvalue weighted by molar-refractivity contribution is 5.26. The molecule has 0 aromatic heterocycles. The van der Waals surface area contributed by atoms with Gasteiger partial charge < -0.3 is 5.32 Å². The van der Waals surface area contributed by atoms with Gasteiger partial charge in [0.25, 0.3) is 0 Å². The molecular formula is C13H15F6N. The van der Waals surface area contributed by atoms with Gasteiger partial charge in [-0.2, -0.15) is 26.3 Å². The first kappa shape index (κ1) is 16.8. The van der Waals surface area contributed by atoms with E-state index in [0.717, 1.165) is 19.1 Å². The molecule has 0 aliphatic heterocycles. The quantitative estimate of drug-likeness (QED) is 0.823. The zero-order chi connectivity index (χ0) is 15.6. The van der Waals surface area contributed by atoms with Crippen LogP contribution >= 0.6 is 0 Å². The standard InChI is InChI=1S/C13H15F6N/c1-8(20-9(2)12(14,15)16)6-10-4-3-5-11(7-10)13(17,18)19/h3-5,7-9,20H,6H2,1-2H3. The van der Waals surface area contributed by atoms with Crippen molar-refractivity contribution in [1.29, 1.82) is 0 Å². The number of benzene rings is 1. The minimum atomic E-state index is -4.45. The molecule has 0 spiro atoms. The topological polar surface area (TPSA) is 12.0 Å². The average Bonchev–Trinajstić information content (AvgIpc) is 2.26. The van der Waals surface area contributed by atoms with E-state index in [4.69, 9.17) is 0 Å². The smallest absolute Gasteiger partial charge is 0.304 e. The largest absolute Gasteiger partial charge is 0.416 e. The predicted molar refractivity (Wildman–Crippen MR) is 63.3 cm³/mol. The summed E-state index contributed by atoms with van der Waals surface area (Å²) in [6.45, 7) is 2.48. The van der Waals surface area contributed by atoms with E-state index in [1.54, 1.807) is 0 Å². The van der Waals surface area contributed by atoms with Crippen molar-refractivity contribution in [3.8, 4) is 0 Å². The third kappa shape index (κ3) is 5.03. The Hall–Kier alpha value is -1.24. The van der Waals surface area contributed by atoms with Gasteiger partial charge in [-0.05, 0) is 31.9 Å². The SMILES string of the molecule is CC(Cc1cccc(C(F)(F)F)c1)NC(C)C(F)(F)F. The summed E-state index contributed by atoms with van der Waals surface area (Å²) in [6, 6.07) is 2.30. The van der Waals surface area contributed by atoms with Crippen LogP contribution in [-0.4, -0.2) is 18.3 Å². The Balaban J connectivity index is 2.69. The van der Waals surface area contributed by atoms with Gasteiger partial charge in [-0.15, -0.1) is 0 Å². The molecule has 0 aliphatic rings. The summed E-state index contributed by atoms with van der Waals surface area (Å²) in [4.78, 5) is 0. The van der Waals surface area contributed by atoms with Crippen LogP contribution in [0.3, 0.4) is 0 Å². The maximum Gasteiger partial charge on any atom is 0.416 e. The molecule has 1 aromatic rings. The molecule has 0 aliphatic carbocycles. The van der Waals surface area contributed by atoms with Crippen LogP contribution in [0.2, 0.25) is 0 Å². The van der Waals surface area contributed by atoms with Gasteiger partial charge in [-0.3, -0.25) is 0 Å². The fourth-order valence-corrected chi connectivity index (χ4v) is 1.81. The summed E-state index contributed by atoms with van der Waals surface area (Å²) in [5.74, 6) is 0. The van der Waals surface area contributed by atoms with E-state index in [-0.39, 0.29) is 6.42 Å². The second-order valence-electron chi connectivity index (χ2n) is 4.73. The zero-order valence-corrected chi connectivity index (χ0v) is 10.9. The van der Waals surface area contributed by atoms with Crippen LogP contribution in [0, 0.1) is 0 Å². The molecule has 2 unspecified atom stereocenters. The molecule has 1 rings (SSSR count). The van der Waals surface area contributed by atoms with Gasteiger partial charge in [0.1, 0.15) is 6.04 Å². The number of alkyl halides is 6. The lowest BCUT2D eigenvalue weighted by Gasteiger charge is -2.22. The van der Waals surface area contributed by atoms with Crippen LogP contribution in [0.1, 0.15) is 25.0 Å². The first-order valence-electron chi connectivity index (χ1n) is 5.99. The predicted octanol–water partition coefficient (Wildman–Crippen LogP) is 4.18. The van der Waals surface area contributed by atoms with Gasteiger partial charge >= 0.3 is 12.4 Å². The summed E-state index contributed by atoms with van der Waals surface area (Å²) >= 11 is 0. The monoisotopic (exact) mass is 299 g/mol. The zero-order valence-electron chi connectivity index (χ0n) is 10.9. The number of hydrogen-bond acceptors (Lipinski definition) is 1. The van der Waals surface area contributed by atoms with Crippen molar-refractivity contribution < 1.29 is 26.3 Å². The normalized spacial score (nSPS) is 16.0. The molecule has 0 heterocycles. The lowest BCUT2D eigenvalue weighted by molar-refractivity contribution is -0.153. The molecule has 2 atom stereocenters. The molecule has 114 valence electrons. The number of nitrogens with one attached hydrogen (secondary N) is 1. The van der Waals surface area contributed by atoms with E-state index in [9.17, 15) is 26.3 Å². The summed E-state index contributed by atoms with van der Waals surface area (Å²) in [7, 11) is 0. The Morgan fingerprint density at radius 3 is 2.15 bits per heavy atom. The Labute approximate surface area is 113 Å². The Morgan fingerprint density at radius 1 is 1.05 bits per heavy atom. The highest BCUT2D eigenvalue weighted by atomic mass is 19.4. The van der Waals surface area contributed by atoms with E-state index in [1.807, 2.05) is 0 Å². The highest BCUT2D eigenvalue weighted by Crippen LogP contribution is 2.29. The summed E-state index contributed by atoms with van der Waals surface area (Å²) in [5, 5.41) is 2.32. The molecule has 20 heavy (non-hydrogen) atoms. The van der Waals surface area contributed by atoms with Crippen molar-refractivity contribution in [3.63, 3.8) is 0 Å². The maximum absolute atomic E-state index is 12.5. The van der Waals surface area contributed by atoms with Crippen LogP contribution in [0.4, 0.5) is 26.3 Å². The van der Waals surface area contributed by atoms with Crippen molar-refractivity contribution in [2.75, 3.05) is 0 Å².